The van der Waals surface area contributed by atoms with Gasteiger partial charge in [0, 0.05) is 19.5 Å². The first-order chi connectivity index (χ1) is 8.43. The van der Waals surface area contributed by atoms with E-state index < -0.39 is 5.54 Å². The van der Waals surface area contributed by atoms with E-state index in [1.165, 1.54) is 25.7 Å². The molecule has 2 amide bonds. The van der Waals surface area contributed by atoms with Crippen LogP contribution in [0.2, 0.25) is 0 Å². The maximum absolute atomic E-state index is 12.5. The minimum Gasteiger partial charge on any atom is -0.342 e. The Morgan fingerprint density at radius 3 is 2.50 bits per heavy atom. The topological polar surface area (TPSA) is 49.4 Å². The van der Waals surface area contributed by atoms with E-state index in [2.05, 4.69) is 5.32 Å². The molecule has 3 fully saturated rings. The van der Waals surface area contributed by atoms with Crippen LogP contribution in [0, 0.1) is 11.3 Å². The van der Waals surface area contributed by atoms with Crippen molar-refractivity contribution in [3.63, 3.8) is 0 Å². The number of carbonyl (C=O) groups is 2. The van der Waals surface area contributed by atoms with Crippen LogP contribution in [0.5, 0.6) is 0 Å². The zero-order valence-electron chi connectivity index (χ0n) is 11.3. The van der Waals surface area contributed by atoms with Gasteiger partial charge in [-0.25, -0.2) is 0 Å². The predicted molar refractivity (Wildman–Crippen MR) is 67.8 cm³/mol. The van der Waals surface area contributed by atoms with Crippen LogP contribution in [0.4, 0.5) is 0 Å². The molecule has 1 heterocycles. The Balaban J connectivity index is 1.74. The first kappa shape index (κ1) is 12.0. The van der Waals surface area contributed by atoms with E-state index in [4.69, 9.17) is 0 Å². The zero-order chi connectivity index (χ0) is 13.0. The van der Waals surface area contributed by atoms with Crippen LogP contribution < -0.4 is 5.32 Å². The van der Waals surface area contributed by atoms with Crippen LogP contribution in [0.25, 0.3) is 0 Å². The van der Waals surface area contributed by atoms with Gasteiger partial charge in [0.25, 0.3) is 0 Å². The van der Waals surface area contributed by atoms with E-state index >= 15 is 0 Å². The zero-order valence-corrected chi connectivity index (χ0v) is 11.3. The molecule has 100 valence electrons. The summed E-state index contributed by atoms with van der Waals surface area (Å²) in [5.41, 5.74) is -0.327. The molecule has 3 rings (SSSR count). The van der Waals surface area contributed by atoms with Gasteiger partial charge in [-0.1, -0.05) is 0 Å². The fourth-order valence-electron chi connectivity index (χ4n) is 3.28. The molecule has 4 nitrogen and oxygen atoms in total. The molecule has 0 unspecified atom stereocenters. The molecule has 1 N–H and O–H groups in total. The Bertz CT molecular complexity index is 395. The molecular weight excluding hydrogens is 228 g/mol. The van der Waals surface area contributed by atoms with Crippen molar-refractivity contribution in [3.8, 4) is 0 Å². The molecular formula is C14H22N2O2. The maximum Gasteiger partial charge on any atom is 0.247 e. The molecule has 0 atom stereocenters. The minimum atomic E-state index is -0.743. The largest absolute Gasteiger partial charge is 0.342 e. The predicted octanol–water partition coefficient (Wildman–Crippen LogP) is 1.30. The summed E-state index contributed by atoms with van der Waals surface area (Å²) in [6.07, 6.45) is 5.65. The van der Waals surface area contributed by atoms with E-state index in [-0.39, 0.29) is 11.8 Å². The number of nitrogens with one attached hydrogen (secondary N) is 1. The first-order valence-electron chi connectivity index (χ1n) is 7.03. The van der Waals surface area contributed by atoms with Gasteiger partial charge in [-0.2, -0.15) is 0 Å². The molecule has 0 aromatic carbocycles. The van der Waals surface area contributed by atoms with E-state index in [0.29, 0.717) is 18.4 Å². The fourth-order valence-corrected chi connectivity index (χ4v) is 3.28. The minimum absolute atomic E-state index is 0.00730. The third-order valence-electron chi connectivity index (χ3n) is 4.72. The normalized spacial score (nSPS) is 29.8. The first-order valence-corrected chi connectivity index (χ1v) is 7.03. The number of nitrogens with zero attached hydrogens (tertiary/aromatic N) is 1. The molecule has 1 aliphatic heterocycles. The van der Waals surface area contributed by atoms with Gasteiger partial charge in [-0.15, -0.1) is 0 Å². The summed E-state index contributed by atoms with van der Waals surface area (Å²) in [4.78, 5) is 26.0. The molecule has 0 bridgehead atoms. The highest BCUT2D eigenvalue weighted by molar-refractivity contribution is 5.92. The third kappa shape index (κ3) is 2.02. The summed E-state index contributed by atoms with van der Waals surface area (Å²) >= 11 is 0. The van der Waals surface area contributed by atoms with Crippen molar-refractivity contribution in [1.29, 1.82) is 0 Å². The highest BCUT2D eigenvalue weighted by Gasteiger charge is 2.55. The van der Waals surface area contributed by atoms with Crippen LogP contribution in [0.15, 0.2) is 0 Å². The molecule has 0 aromatic heterocycles. The summed E-state index contributed by atoms with van der Waals surface area (Å²) in [6, 6.07) is 0. The third-order valence-corrected chi connectivity index (χ3v) is 4.72. The fraction of sp³-hybridized carbons (Fsp3) is 0.857. The van der Waals surface area contributed by atoms with Gasteiger partial charge >= 0.3 is 0 Å². The van der Waals surface area contributed by atoms with Crippen LogP contribution in [-0.4, -0.2) is 35.3 Å². The quantitative estimate of drug-likeness (QED) is 0.821. The lowest BCUT2D eigenvalue weighted by molar-refractivity contribution is -0.138. The molecule has 2 saturated carbocycles. The highest BCUT2D eigenvalue weighted by atomic mass is 16.2. The Labute approximate surface area is 108 Å². The smallest absolute Gasteiger partial charge is 0.247 e. The van der Waals surface area contributed by atoms with Crippen molar-refractivity contribution >= 4 is 11.8 Å². The van der Waals surface area contributed by atoms with Crippen LogP contribution in [0.3, 0.4) is 0 Å². The van der Waals surface area contributed by atoms with E-state index in [1.807, 2.05) is 18.7 Å². The summed E-state index contributed by atoms with van der Waals surface area (Å²) in [5.74, 6) is 0.924. The molecule has 0 spiro atoms. The van der Waals surface area contributed by atoms with Gasteiger partial charge in [0.2, 0.25) is 11.8 Å². The van der Waals surface area contributed by atoms with E-state index in [0.717, 1.165) is 12.5 Å². The van der Waals surface area contributed by atoms with Gasteiger partial charge < -0.3 is 10.2 Å². The number of rotatable bonds is 3. The second kappa shape index (κ2) is 3.72. The van der Waals surface area contributed by atoms with Crippen molar-refractivity contribution < 1.29 is 9.59 Å². The molecule has 3 aliphatic rings. The molecule has 0 radical (unpaired) electrons. The number of carbonyl (C=O) groups excluding carboxylic acids is 2. The maximum atomic E-state index is 12.5. The lowest BCUT2D eigenvalue weighted by Gasteiger charge is -2.31. The van der Waals surface area contributed by atoms with Crippen molar-refractivity contribution in [2.75, 3.05) is 13.1 Å². The molecule has 1 saturated heterocycles. The SMILES string of the molecule is CC1(C)NC(=O)CCN(CC2(C3CC3)CC2)C1=O. The van der Waals surface area contributed by atoms with Crippen molar-refractivity contribution in [1.82, 2.24) is 10.2 Å². The van der Waals surface area contributed by atoms with Crippen molar-refractivity contribution in [2.45, 2.75) is 51.5 Å². The summed E-state index contributed by atoms with van der Waals surface area (Å²) in [5, 5.41) is 2.82. The Hall–Kier alpha value is -1.06. The lowest BCUT2D eigenvalue weighted by Crippen LogP contribution is -2.53. The number of amides is 2. The standard InChI is InChI=1S/C14H22N2O2/c1-13(2)12(18)16(8-5-11(17)15-13)9-14(6-7-14)10-3-4-10/h10H,3-9H2,1-2H3,(H,15,17). The van der Waals surface area contributed by atoms with Gasteiger partial charge in [-0.3, -0.25) is 9.59 Å². The average Bonchev–Trinajstić information content (AvgIpc) is 3.11. The number of hydrogen-bond donors (Lipinski definition) is 1. The Morgan fingerprint density at radius 1 is 1.28 bits per heavy atom. The summed E-state index contributed by atoms with van der Waals surface area (Å²) < 4.78 is 0. The molecule has 2 aliphatic carbocycles. The van der Waals surface area contributed by atoms with Crippen molar-refractivity contribution in [3.05, 3.63) is 0 Å². The summed E-state index contributed by atoms with van der Waals surface area (Å²) in [7, 11) is 0. The Morgan fingerprint density at radius 2 is 1.94 bits per heavy atom. The van der Waals surface area contributed by atoms with Crippen LogP contribution in [-0.2, 0) is 9.59 Å². The van der Waals surface area contributed by atoms with Crippen LogP contribution in [0.1, 0.15) is 46.0 Å². The second-order valence-electron chi connectivity index (χ2n) is 6.79. The lowest BCUT2D eigenvalue weighted by atomic mass is 9.98. The highest BCUT2D eigenvalue weighted by Crippen LogP contribution is 2.61. The van der Waals surface area contributed by atoms with Gasteiger partial charge in [0.1, 0.15) is 5.54 Å². The second-order valence-corrected chi connectivity index (χ2v) is 6.79. The Kier molecular flexibility index (Phi) is 2.48. The monoisotopic (exact) mass is 250 g/mol. The van der Waals surface area contributed by atoms with E-state index in [9.17, 15) is 9.59 Å². The average molecular weight is 250 g/mol. The van der Waals surface area contributed by atoms with Gasteiger partial charge in [0.05, 0.1) is 0 Å². The summed E-state index contributed by atoms with van der Waals surface area (Å²) in [6.45, 7) is 5.07. The molecule has 18 heavy (non-hydrogen) atoms. The van der Waals surface area contributed by atoms with Crippen molar-refractivity contribution in [2.24, 2.45) is 11.3 Å². The van der Waals surface area contributed by atoms with Crippen LogP contribution >= 0.6 is 0 Å². The van der Waals surface area contributed by atoms with Gasteiger partial charge in [-0.05, 0) is 50.9 Å². The molecule has 0 aromatic rings. The molecule has 4 heteroatoms. The van der Waals surface area contributed by atoms with E-state index in [1.54, 1.807) is 0 Å². The number of hydrogen-bond acceptors (Lipinski definition) is 2. The van der Waals surface area contributed by atoms with Gasteiger partial charge in [0.15, 0.2) is 0 Å².